The third-order valence-electron chi connectivity index (χ3n) is 0.870. The summed E-state index contributed by atoms with van der Waals surface area (Å²) in [5.74, 6) is 0. The molecule has 0 bridgehead atoms. The maximum atomic E-state index is 10.0. The molecule has 0 atom stereocenters. The Morgan fingerprint density at radius 1 is 1.50 bits per heavy atom. The van der Waals surface area contributed by atoms with Crippen LogP contribution >= 0.6 is 0 Å². The van der Waals surface area contributed by atoms with Crippen LogP contribution in [0.4, 0.5) is 0 Å². The Bertz CT molecular complexity index is 203. The Balaban J connectivity index is 3.92. The molecular weight excluding hydrogens is 124 g/mol. The molecule has 0 aliphatic carbocycles. The molecule has 0 amide bonds. The highest BCUT2D eigenvalue weighted by molar-refractivity contribution is 5.72. The highest BCUT2D eigenvalue weighted by Gasteiger charge is 1.75. The summed E-state index contributed by atoms with van der Waals surface area (Å²) in [6.07, 6.45) is 7.74. The second kappa shape index (κ2) is 5.80. The number of carbonyl (C=O) groups is 1. The molecule has 1 nitrogen and oxygen atoms in total. The molecule has 0 saturated carbocycles. The topological polar surface area (TPSA) is 17.1 Å². The number of hydrogen-bond donors (Lipinski definition) is 0. The normalized spacial score (nSPS) is 11.1. The lowest BCUT2D eigenvalue weighted by Gasteiger charge is -1.77. The molecule has 52 valence electrons. The fourth-order valence-electron chi connectivity index (χ4n) is 0.370. The molecule has 0 fully saturated rings. The van der Waals surface area contributed by atoms with Gasteiger partial charge in [0.25, 0.3) is 0 Å². The number of aldehydes is 1. The summed E-state index contributed by atoms with van der Waals surface area (Å²) < 4.78 is 0. The Morgan fingerprint density at radius 2 is 2.20 bits per heavy atom. The van der Waals surface area contributed by atoms with Crippen molar-refractivity contribution in [2.75, 3.05) is 0 Å². The van der Waals surface area contributed by atoms with E-state index in [1.54, 1.807) is 31.2 Å². The molecule has 0 N–H and O–H groups in total. The van der Waals surface area contributed by atoms with Crippen molar-refractivity contribution in [3.63, 3.8) is 0 Å². The first-order valence-corrected chi connectivity index (χ1v) is 2.96. The minimum absolute atomic E-state index is 0.703. The second-order valence-corrected chi connectivity index (χ2v) is 1.78. The lowest BCUT2D eigenvalue weighted by atomic mass is 10.3. The number of allylic oxidation sites excluding steroid dienone is 5. The first-order chi connectivity index (χ1) is 4.81. The lowest BCUT2D eigenvalue weighted by molar-refractivity contribution is -0.104. The summed E-state index contributed by atoms with van der Waals surface area (Å²) in [7, 11) is 0. The van der Waals surface area contributed by atoms with Crippen molar-refractivity contribution in [3.05, 3.63) is 42.2 Å². The van der Waals surface area contributed by atoms with Gasteiger partial charge in [-0.25, -0.2) is 0 Å². The van der Waals surface area contributed by atoms with Crippen LogP contribution in [-0.4, -0.2) is 6.29 Å². The fourth-order valence-corrected chi connectivity index (χ4v) is 0.370. The van der Waals surface area contributed by atoms with Crippen LogP contribution in [0.2, 0.25) is 0 Å². The average molecular weight is 134 g/mol. The van der Waals surface area contributed by atoms with Crippen LogP contribution in [0.3, 0.4) is 0 Å². The zero-order valence-corrected chi connectivity index (χ0v) is 6.00. The zero-order chi connectivity index (χ0) is 7.82. The van der Waals surface area contributed by atoms with Crippen LogP contribution < -0.4 is 0 Å². The molecule has 0 unspecified atom stereocenters. The van der Waals surface area contributed by atoms with E-state index in [9.17, 15) is 4.79 Å². The van der Waals surface area contributed by atoms with Crippen LogP contribution in [0.1, 0.15) is 6.92 Å². The van der Waals surface area contributed by atoms with Crippen LogP contribution in [-0.2, 0) is 4.79 Å². The van der Waals surface area contributed by atoms with E-state index in [0.29, 0.717) is 5.57 Å². The molecule has 0 radical (unpaired) electrons. The van der Waals surface area contributed by atoms with E-state index in [0.717, 1.165) is 6.29 Å². The molecule has 0 heterocycles. The van der Waals surface area contributed by atoms with Gasteiger partial charge in [-0.3, -0.25) is 4.79 Å². The Hall–Kier alpha value is -1.33. The molecule has 10 heavy (non-hydrogen) atoms. The summed E-state index contributed by atoms with van der Waals surface area (Å²) in [5.41, 5.74) is 3.28. The summed E-state index contributed by atoms with van der Waals surface area (Å²) in [6.45, 7) is 5.12. The second-order valence-electron chi connectivity index (χ2n) is 1.78. The quantitative estimate of drug-likeness (QED) is 0.250. The van der Waals surface area contributed by atoms with Crippen molar-refractivity contribution in [2.45, 2.75) is 6.92 Å². The van der Waals surface area contributed by atoms with Crippen LogP contribution in [0.25, 0.3) is 0 Å². The Morgan fingerprint density at radius 3 is 2.70 bits per heavy atom. The average Bonchev–Trinajstić information content (AvgIpc) is 1.98. The van der Waals surface area contributed by atoms with Gasteiger partial charge in [0.15, 0.2) is 0 Å². The van der Waals surface area contributed by atoms with Crippen molar-refractivity contribution in [1.29, 1.82) is 0 Å². The molecule has 0 spiro atoms. The van der Waals surface area contributed by atoms with Gasteiger partial charge in [-0.05, 0) is 18.6 Å². The van der Waals surface area contributed by atoms with Crippen LogP contribution in [0, 0.1) is 0 Å². The molecule has 0 saturated heterocycles. The molecular formula is C9H10O. The summed E-state index contributed by atoms with van der Waals surface area (Å²) in [6, 6.07) is 0. The molecule has 0 aromatic carbocycles. The molecule has 1 heteroatoms. The largest absolute Gasteiger partial charge is 0.298 e. The van der Waals surface area contributed by atoms with Gasteiger partial charge >= 0.3 is 0 Å². The third-order valence-corrected chi connectivity index (χ3v) is 0.870. The third kappa shape index (κ3) is 4.82. The highest BCUT2D eigenvalue weighted by atomic mass is 16.1. The van der Waals surface area contributed by atoms with E-state index in [-0.39, 0.29) is 0 Å². The van der Waals surface area contributed by atoms with E-state index >= 15 is 0 Å². The van der Waals surface area contributed by atoms with Gasteiger partial charge in [0.05, 0.1) is 0 Å². The smallest absolute Gasteiger partial charge is 0.145 e. The minimum Gasteiger partial charge on any atom is -0.298 e. The summed E-state index contributed by atoms with van der Waals surface area (Å²) >= 11 is 0. The maximum Gasteiger partial charge on any atom is 0.145 e. The maximum absolute atomic E-state index is 10.0. The predicted octanol–water partition coefficient (Wildman–Crippen LogP) is 2.03. The van der Waals surface area contributed by atoms with Gasteiger partial charge in [-0.1, -0.05) is 24.8 Å². The van der Waals surface area contributed by atoms with Gasteiger partial charge in [0, 0.05) is 0 Å². The zero-order valence-electron chi connectivity index (χ0n) is 6.00. The summed E-state index contributed by atoms with van der Waals surface area (Å²) in [5, 5.41) is 0. The van der Waals surface area contributed by atoms with Gasteiger partial charge in [-0.15, -0.1) is 5.73 Å². The molecule has 0 aromatic heterocycles. The number of hydrogen-bond acceptors (Lipinski definition) is 1. The van der Waals surface area contributed by atoms with E-state index in [1.165, 1.54) is 0 Å². The van der Waals surface area contributed by atoms with Gasteiger partial charge in [-0.2, -0.15) is 0 Å². The molecule has 0 aliphatic heterocycles. The van der Waals surface area contributed by atoms with E-state index < -0.39 is 0 Å². The minimum atomic E-state index is 0.703. The monoisotopic (exact) mass is 134 g/mol. The Kier molecular flexibility index (Phi) is 5.03. The number of carbonyl (C=O) groups excluding carboxylic acids is 1. The Labute approximate surface area is 61.1 Å². The standard InChI is InChI=1S/C9H10O/c1-3-4-5-6-7-9(2)8-10/h4-8H,1H2,2H3/b6-5-,9-7+. The van der Waals surface area contributed by atoms with Crippen molar-refractivity contribution in [2.24, 2.45) is 0 Å². The number of rotatable bonds is 3. The van der Waals surface area contributed by atoms with Crippen LogP contribution in [0.15, 0.2) is 42.2 Å². The van der Waals surface area contributed by atoms with Gasteiger partial charge < -0.3 is 0 Å². The lowest BCUT2D eigenvalue weighted by Crippen LogP contribution is -1.71. The van der Waals surface area contributed by atoms with Crippen molar-refractivity contribution >= 4 is 6.29 Å². The molecule has 0 rings (SSSR count). The van der Waals surface area contributed by atoms with Crippen LogP contribution in [0.5, 0.6) is 0 Å². The predicted molar refractivity (Wildman–Crippen MR) is 42.7 cm³/mol. The van der Waals surface area contributed by atoms with Crippen molar-refractivity contribution in [1.82, 2.24) is 0 Å². The van der Waals surface area contributed by atoms with E-state index in [4.69, 9.17) is 0 Å². The summed E-state index contributed by atoms with van der Waals surface area (Å²) in [4.78, 5) is 10.0. The fraction of sp³-hybridized carbons (Fsp3) is 0.111. The van der Waals surface area contributed by atoms with E-state index in [2.05, 4.69) is 12.3 Å². The first kappa shape index (κ1) is 8.67. The first-order valence-electron chi connectivity index (χ1n) is 2.96. The van der Waals surface area contributed by atoms with Crippen molar-refractivity contribution in [3.8, 4) is 0 Å². The van der Waals surface area contributed by atoms with Gasteiger partial charge in [0.1, 0.15) is 6.29 Å². The van der Waals surface area contributed by atoms with Gasteiger partial charge in [0.2, 0.25) is 0 Å². The SMILES string of the molecule is C=C=C/C=C\C=C(/C)C=O. The molecule has 0 aliphatic rings. The van der Waals surface area contributed by atoms with E-state index in [1.807, 2.05) is 0 Å². The van der Waals surface area contributed by atoms with Crippen molar-refractivity contribution < 1.29 is 4.79 Å². The highest BCUT2D eigenvalue weighted by Crippen LogP contribution is 1.86. The molecule has 0 aromatic rings.